The van der Waals surface area contributed by atoms with E-state index in [1.165, 1.54) is 0 Å². The number of carbonyl (C=O) groups is 1. The minimum atomic E-state index is -0.133. The summed E-state index contributed by atoms with van der Waals surface area (Å²) in [7, 11) is 1.65. The van der Waals surface area contributed by atoms with Crippen LogP contribution in [0.2, 0.25) is 0 Å². The molecule has 0 atom stereocenters. The Labute approximate surface area is 154 Å². The Hall–Kier alpha value is -2.82. The molecule has 0 aliphatic carbocycles. The maximum absolute atomic E-state index is 12.7. The van der Waals surface area contributed by atoms with Gasteiger partial charge in [-0.2, -0.15) is 0 Å². The Kier molecular flexibility index (Phi) is 5.56. The van der Waals surface area contributed by atoms with Gasteiger partial charge in [0.1, 0.15) is 11.6 Å². The zero-order valence-corrected chi connectivity index (χ0v) is 15.5. The molecule has 0 radical (unpaired) electrons. The Morgan fingerprint density at radius 3 is 2.85 bits per heavy atom. The summed E-state index contributed by atoms with van der Waals surface area (Å²) in [6, 6.07) is 13.7. The molecular weight excluding hydrogens is 326 g/mol. The number of aromatic nitrogens is 2. The second-order valence-electron chi connectivity index (χ2n) is 6.79. The molecule has 0 spiro atoms. The number of hydrogen-bond acceptors (Lipinski definition) is 3. The molecule has 0 saturated carbocycles. The standard InChI is InChI=1S/C21H25N3O2/c1-15(2)13-19-23-20(18-9-4-5-12-24(18)19)21(25)22-11-10-16-7-6-8-17(14-16)26-3/h4-9,12,14-15H,10-11,13H2,1-3H3,(H,22,25). The normalized spacial score (nSPS) is 11.1. The molecule has 1 amide bonds. The lowest BCUT2D eigenvalue weighted by Gasteiger charge is -2.06. The summed E-state index contributed by atoms with van der Waals surface area (Å²) in [5, 5.41) is 2.99. The van der Waals surface area contributed by atoms with E-state index in [0.717, 1.165) is 35.5 Å². The molecule has 136 valence electrons. The highest BCUT2D eigenvalue weighted by atomic mass is 16.5. The van der Waals surface area contributed by atoms with E-state index in [1.807, 2.05) is 53.1 Å². The largest absolute Gasteiger partial charge is 0.497 e. The topological polar surface area (TPSA) is 55.6 Å². The van der Waals surface area contributed by atoms with Crippen molar-refractivity contribution in [2.45, 2.75) is 26.7 Å². The van der Waals surface area contributed by atoms with Gasteiger partial charge in [-0.3, -0.25) is 4.79 Å². The van der Waals surface area contributed by atoms with E-state index < -0.39 is 0 Å². The lowest BCUT2D eigenvalue weighted by atomic mass is 10.1. The number of pyridine rings is 1. The molecule has 5 heteroatoms. The highest BCUT2D eigenvalue weighted by Gasteiger charge is 2.17. The molecule has 2 heterocycles. The van der Waals surface area contributed by atoms with E-state index in [1.54, 1.807) is 7.11 Å². The van der Waals surface area contributed by atoms with Gasteiger partial charge in [-0.1, -0.05) is 32.0 Å². The van der Waals surface area contributed by atoms with Crippen LogP contribution in [0.1, 0.15) is 35.7 Å². The van der Waals surface area contributed by atoms with Crippen molar-refractivity contribution in [2.75, 3.05) is 13.7 Å². The fourth-order valence-corrected chi connectivity index (χ4v) is 3.01. The third-order valence-corrected chi connectivity index (χ3v) is 4.26. The molecule has 0 bridgehead atoms. The number of hydrogen-bond donors (Lipinski definition) is 1. The maximum Gasteiger partial charge on any atom is 0.272 e. The third-order valence-electron chi connectivity index (χ3n) is 4.26. The van der Waals surface area contributed by atoms with Crippen LogP contribution in [0.5, 0.6) is 5.75 Å². The second kappa shape index (κ2) is 8.04. The number of methoxy groups -OCH3 is 1. The average Bonchev–Trinajstić information content (AvgIpc) is 3.00. The number of ether oxygens (including phenoxy) is 1. The minimum absolute atomic E-state index is 0.133. The van der Waals surface area contributed by atoms with Crippen LogP contribution in [-0.4, -0.2) is 28.9 Å². The van der Waals surface area contributed by atoms with Crippen molar-refractivity contribution in [3.63, 3.8) is 0 Å². The quantitative estimate of drug-likeness (QED) is 0.709. The maximum atomic E-state index is 12.7. The molecule has 2 aromatic heterocycles. The molecule has 26 heavy (non-hydrogen) atoms. The van der Waals surface area contributed by atoms with Gasteiger partial charge in [0.25, 0.3) is 5.91 Å². The summed E-state index contributed by atoms with van der Waals surface area (Å²) in [4.78, 5) is 17.3. The molecule has 0 fully saturated rings. The van der Waals surface area contributed by atoms with Crippen LogP contribution in [0.15, 0.2) is 48.7 Å². The summed E-state index contributed by atoms with van der Waals surface area (Å²) < 4.78 is 7.24. The fraction of sp³-hybridized carbons (Fsp3) is 0.333. The lowest BCUT2D eigenvalue weighted by molar-refractivity contribution is 0.0951. The SMILES string of the molecule is COc1cccc(CCNC(=O)c2nc(CC(C)C)n3ccccc23)c1. The van der Waals surface area contributed by atoms with Crippen LogP contribution in [0.25, 0.3) is 5.52 Å². The highest BCUT2D eigenvalue weighted by molar-refractivity contribution is 5.99. The fourth-order valence-electron chi connectivity index (χ4n) is 3.01. The average molecular weight is 351 g/mol. The van der Waals surface area contributed by atoms with Crippen molar-refractivity contribution >= 4 is 11.4 Å². The molecule has 3 aromatic rings. The molecule has 0 aliphatic heterocycles. The third kappa shape index (κ3) is 4.04. The number of benzene rings is 1. The summed E-state index contributed by atoms with van der Waals surface area (Å²) in [5.41, 5.74) is 2.47. The number of carbonyl (C=O) groups excluding carboxylic acids is 1. The number of nitrogens with zero attached hydrogens (tertiary/aromatic N) is 2. The van der Waals surface area contributed by atoms with Crippen molar-refractivity contribution in [1.29, 1.82) is 0 Å². The predicted octanol–water partition coefficient (Wildman–Crippen LogP) is 3.51. The van der Waals surface area contributed by atoms with Crippen molar-refractivity contribution in [3.05, 3.63) is 65.7 Å². The van der Waals surface area contributed by atoms with Crippen LogP contribution in [0.4, 0.5) is 0 Å². The van der Waals surface area contributed by atoms with Crippen LogP contribution < -0.4 is 10.1 Å². The second-order valence-corrected chi connectivity index (χ2v) is 6.79. The van der Waals surface area contributed by atoms with Crippen LogP contribution in [-0.2, 0) is 12.8 Å². The first-order chi connectivity index (χ1) is 12.6. The Bertz CT molecular complexity index is 899. The van der Waals surface area contributed by atoms with Gasteiger partial charge in [-0.25, -0.2) is 4.98 Å². The van der Waals surface area contributed by atoms with E-state index in [2.05, 4.69) is 24.1 Å². The molecule has 5 nitrogen and oxygen atoms in total. The summed E-state index contributed by atoms with van der Waals surface area (Å²) in [6.45, 7) is 4.85. The van der Waals surface area contributed by atoms with Gasteiger partial charge in [0.05, 0.1) is 12.6 Å². The van der Waals surface area contributed by atoms with E-state index in [0.29, 0.717) is 18.2 Å². The predicted molar refractivity (Wildman–Crippen MR) is 103 cm³/mol. The molecule has 1 aromatic carbocycles. The Morgan fingerprint density at radius 1 is 1.23 bits per heavy atom. The van der Waals surface area contributed by atoms with Gasteiger partial charge in [0, 0.05) is 19.2 Å². The van der Waals surface area contributed by atoms with Gasteiger partial charge in [-0.05, 0) is 42.2 Å². The summed E-state index contributed by atoms with van der Waals surface area (Å²) in [6.07, 6.45) is 3.54. The van der Waals surface area contributed by atoms with Gasteiger partial charge < -0.3 is 14.5 Å². The lowest BCUT2D eigenvalue weighted by Crippen LogP contribution is -2.26. The van der Waals surface area contributed by atoms with Crippen LogP contribution in [0, 0.1) is 5.92 Å². The zero-order valence-electron chi connectivity index (χ0n) is 15.5. The summed E-state index contributed by atoms with van der Waals surface area (Å²) in [5.74, 6) is 2.09. The first-order valence-corrected chi connectivity index (χ1v) is 8.95. The van der Waals surface area contributed by atoms with Crippen LogP contribution in [0.3, 0.4) is 0 Å². The first kappa shape index (κ1) is 18.0. The highest BCUT2D eigenvalue weighted by Crippen LogP contribution is 2.16. The van der Waals surface area contributed by atoms with Gasteiger partial charge in [0.2, 0.25) is 0 Å². The number of fused-ring (bicyclic) bond motifs is 1. The number of rotatable bonds is 7. The zero-order chi connectivity index (χ0) is 18.5. The number of nitrogens with one attached hydrogen (secondary N) is 1. The Balaban J connectivity index is 1.71. The van der Waals surface area contributed by atoms with Crippen molar-refractivity contribution in [1.82, 2.24) is 14.7 Å². The van der Waals surface area contributed by atoms with E-state index in [9.17, 15) is 4.79 Å². The molecule has 0 aliphatic rings. The molecule has 0 saturated heterocycles. The van der Waals surface area contributed by atoms with Gasteiger partial charge in [0.15, 0.2) is 5.69 Å². The van der Waals surface area contributed by atoms with Crippen molar-refractivity contribution in [3.8, 4) is 5.75 Å². The molecule has 3 rings (SSSR count). The Morgan fingerprint density at radius 2 is 2.08 bits per heavy atom. The van der Waals surface area contributed by atoms with E-state index in [4.69, 9.17) is 4.74 Å². The number of amides is 1. The number of imidazole rings is 1. The molecule has 0 unspecified atom stereocenters. The molecule has 1 N–H and O–H groups in total. The van der Waals surface area contributed by atoms with Crippen LogP contribution >= 0.6 is 0 Å². The van der Waals surface area contributed by atoms with Gasteiger partial charge in [-0.15, -0.1) is 0 Å². The summed E-state index contributed by atoms with van der Waals surface area (Å²) >= 11 is 0. The monoisotopic (exact) mass is 351 g/mol. The first-order valence-electron chi connectivity index (χ1n) is 8.95. The van der Waals surface area contributed by atoms with Crippen molar-refractivity contribution < 1.29 is 9.53 Å². The molecular formula is C21H25N3O2. The van der Waals surface area contributed by atoms with E-state index >= 15 is 0 Å². The van der Waals surface area contributed by atoms with E-state index in [-0.39, 0.29) is 5.91 Å². The van der Waals surface area contributed by atoms with Gasteiger partial charge >= 0.3 is 0 Å². The smallest absolute Gasteiger partial charge is 0.272 e. The van der Waals surface area contributed by atoms with Crippen molar-refractivity contribution in [2.24, 2.45) is 5.92 Å². The minimum Gasteiger partial charge on any atom is -0.497 e.